The van der Waals surface area contributed by atoms with Crippen molar-refractivity contribution in [2.45, 2.75) is 27.2 Å². The fourth-order valence-corrected chi connectivity index (χ4v) is 2.06. The van der Waals surface area contributed by atoms with Crippen molar-refractivity contribution in [2.24, 2.45) is 0 Å². The molecule has 0 nitrogen and oxygen atoms in total. The first-order valence-corrected chi connectivity index (χ1v) is 5.77. The van der Waals surface area contributed by atoms with Gasteiger partial charge in [-0.2, -0.15) is 0 Å². The van der Waals surface area contributed by atoms with Crippen molar-refractivity contribution in [1.82, 2.24) is 0 Å². The van der Waals surface area contributed by atoms with Crippen LogP contribution in [0.1, 0.15) is 27.8 Å². The number of hydrogen-bond donors (Lipinski definition) is 0. The fraction of sp³-hybridized carbons (Fsp3) is 0.250. The molecular weight excluding hydrogens is 192 g/mol. The van der Waals surface area contributed by atoms with Crippen LogP contribution in [0.5, 0.6) is 0 Å². The van der Waals surface area contributed by atoms with Crippen molar-refractivity contribution in [3.8, 4) is 0 Å². The topological polar surface area (TPSA) is 0 Å². The van der Waals surface area contributed by atoms with Crippen LogP contribution in [0.15, 0.2) is 42.5 Å². The first-order valence-electron chi connectivity index (χ1n) is 5.77. The highest BCUT2D eigenvalue weighted by atomic mass is 14.1. The molecule has 16 heavy (non-hydrogen) atoms. The summed E-state index contributed by atoms with van der Waals surface area (Å²) < 4.78 is 0. The van der Waals surface area contributed by atoms with E-state index in [-0.39, 0.29) is 0 Å². The Balaban J connectivity index is 2.29. The summed E-state index contributed by atoms with van der Waals surface area (Å²) in [7, 11) is 0. The second kappa shape index (κ2) is 4.52. The van der Waals surface area contributed by atoms with Gasteiger partial charge < -0.3 is 0 Å². The van der Waals surface area contributed by atoms with E-state index in [1.165, 1.54) is 27.8 Å². The third kappa shape index (κ3) is 2.33. The number of aryl methyl sites for hydroxylation is 2. The standard InChI is InChI=1S/C16H18/c1-12-9-16(10-13(2)14(12)3)11-15-7-5-4-6-8-15/h4-10H,11H2,1-3H3. The minimum Gasteiger partial charge on any atom is -0.0622 e. The zero-order valence-corrected chi connectivity index (χ0v) is 10.2. The van der Waals surface area contributed by atoms with Crippen LogP contribution in [0.3, 0.4) is 0 Å². The molecule has 0 saturated carbocycles. The molecular formula is C16H18. The van der Waals surface area contributed by atoms with Crippen molar-refractivity contribution in [3.63, 3.8) is 0 Å². The Morgan fingerprint density at radius 3 is 1.88 bits per heavy atom. The Hall–Kier alpha value is -1.56. The highest BCUT2D eigenvalue weighted by molar-refractivity contribution is 5.38. The van der Waals surface area contributed by atoms with Crippen molar-refractivity contribution in [3.05, 3.63) is 70.3 Å². The van der Waals surface area contributed by atoms with Crippen LogP contribution >= 0.6 is 0 Å². The molecule has 82 valence electrons. The van der Waals surface area contributed by atoms with E-state index in [1.807, 2.05) is 0 Å². The van der Waals surface area contributed by atoms with E-state index < -0.39 is 0 Å². The van der Waals surface area contributed by atoms with Crippen LogP contribution in [0.2, 0.25) is 0 Å². The van der Waals surface area contributed by atoms with Gasteiger partial charge in [-0.25, -0.2) is 0 Å². The molecule has 0 heterocycles. The molecule has 0 spiro atoms. The van der Waals surface area contributed by atoms with Crippen LogP contribution in [-0.2, 0) is 6.42 Å². The predicted octanol–water partition coefficient (Wildman–Crippen LogP) is 4.20. The minimum absolute atomic E-state index is 1.03. The van der Waals surface area contributed by atoms with Crippen molar-refractivity contribution in [1.29, 1.82) is 0 Å². The lowest BCUT2D eigenvalue weighted by atomic mass is 9.97. The summed E-state index contributed by atoms with van der Waals surface area (Å²) in [5, 5.41) is 0. The molecule has 0 N–H and O–H groups in total. The van der Waals surface area contributed by atoms with Crippen LogP contribution in [0, 0.1) is 20.8 Å². The van der Waals surface area contributed by atoms with Gasteiger partial charge in [-0.05, 0) is 55.0 Å². The van der Waals surface area contributed by atoms with Gasteiger partial charge in [0.05, 0.1) is 0 Å². The van der Waals surface area contributed by atoms with Crippen molar-refractivity contribution in [2.75, 3.05) is 0 Å². The fourth-order valence-electron chi connectivity index (χ4n) is 2.06. The third-order valence-electron chi connectivity index (χ3n) is 3.24. The van der Waals surface area contributed by atoms with Gasteiger partial charge in [0, 0.05) is 0 Å². The average Bonchev–Trinajstić information content (AvgIpc) is 2.27. The van der Waals surface area contributed by atoms with E-state index in [4.69, 9.17) is 0 Å². The third-order valence-corrected chi connectivity index (χ3v) is 3.24. The molecule has 0 aliphatic heterocycles. The van der Waals surface area contributed by atoms with Gasteiger partial charge in [0.25, 0.3) is 0 Å². The van der Waals surface area contributed by atoms with Crippen LogP contribution in [0.4, 0.5) is 0 Å². The molecule has 0 atom stereocenters. The molecule has 0 heteroatoms. The first-order chi connectivity index (χ1) is 7.66. The van der Waals surface area contributed by atoms with Crippen LogP contribution < -0.4 is 0 Å². The molecule has 0 aliphatic rings. The minimum atomic E-state index is 1.03. The maximum absolute atomic E-state index is 2.30. The Kier molecular flexibility index (Phi) is 3.09. The van der Waals surface area contributed by atoms with Gasteiger partial charge in [-0.1, -0.05) is 42.5 Å². The SMILES string of the molecule is Cc1cc(Cc2ccccc2)cc(C)c1C. The highest BCUT2D eigenvalue weighted by Crippen LogP contribution is 2.17. The van der Waals surface area contributed by atoms with E-state index in [0.29, 0.717) is 0 Å². The Morgan fingerprint density at radius 1 is 0.750 bits per heavy atom. The molecule has 0 amide bonds. The monoisotopic (exact) mass is 210 g/mol. The number of rotatable bonds is 2. The smallest absolute Gasteiger partial charge is 0.00256 e. The molecule has 2 aromatic rings. The summed E-state index contributed by atoms with van der Waals surface area (Å²) in [5.74, 6) is 0. The molecule has 0 saturated heterocycles. The Labute approximate surface area is 97.9 Å². The molecule has 0 aromatic heterocycles. The van der Waals surface area contributed by atoms with Crippen LogP contribution in [0.25, 0.3) is 0 Å². The summed E-state index contributed by atoms with van der Waals surface area (Å²) >= 11 is 0. The summed E-state index contributed by atoms with van der Waals surface area (Å²) in [6.45, 7) is 6.57. The zero-order chi connectivity index (χ0) is 11.5. The summed E-state index contributed by atoms with van der Waals surface area (Å²) in [6.07, 6.45) is 1.03. The molecule has 0 fully saturated rings. The van der Waals surface area contributed by atoms with Crippen LogP contribution in [-0.4, -0.2) is 0 Å². The van der Waals surface area contributed by atoms with E-state index in [9.17, 15) is 0 Å². The summed E-state index contributed by atoms with van der Waals surface area (Å²) in [4.78, 5) is 0. The van der Waals surface area contributed by atoms with Gasteiger partial charge in [0.15, 0.2) is 0 Å². The normalized spacial score (nSPS) is 10.4. The maximum atomic E-state index is 2.30. The summed E-state index contributed by atoms with van der Waals surface area (Å²) in [5.41, 5.74) is 6.99. The maximum Gasteiger partial charge on any atom is -0.00256 e. The molecule has 0 aliphatic carbocycles. The second-order valence-electron chi connectivity index (χ2n) is 4.52. The van der Waals surface area contributed by atoms with Crippen molar-refractivity contribution >= 4 is 0 Å². The highest BCUT2D eigenvalue weighted by Gasteiger charge is 2.01. The van der Waals surface area contributed by atoms with Gasteiger partial charge in [0.2, 0.25) is 0 Å². The zero-order valence-electron chi connectivity index (χ0n) is 10.2. The number of benzene rings is 2. The van der Waals surface area contributed by atoms with Gasteiger partial charge >= 0.3 is 0 Å². The van der Waals surface area contributed by atoms with Gasteiger partial charge in [-0.15, -0.1) is 0 Å². The quantitative estimate of drug-likeness (QED) is 0.696. The molecule has 0 bridgehead atoms. The first kappa shape index (κ1) is 10.9. The summed E-state index contributed by atoms with van der Waals surface area (Å²) in [6, 6.07) is 15.2. The predicted molar refractivity (Wildman–Crippen MR) is 69.9 cm³/mol. The largest absolute Gasteiger partial charge is 0.0622 e. The number of hydrogen-bond acceptors (Lipinski definition) is 0. The molecule has 2 rings (SSSR count). The average molecular weight is 210 g/mol. The van der Waals surface area contributed by atoms with Gasteiger partial charge in [0.1, 0.15) is 0 Å². The van der Waals surface area contributed by atoms with Gasteiger partial charge in [-0.3, -0.25) is 0 Å². The van der Waals surface area contributed by atoms with E-state index in [1.54, 1.807) is 0 Å². The lowest BCUT2D eigenvalue weighted by Crippen LogP contribution is -1.93. The lowest BCUT2D eigenvalue weighted by molar-refractivity contribution is 1.15. The molecule has 0 radical (unpaired) electrons. The molecule has 0 unspecified atom stereocenters. The van der Waals surface area contributed by atoms with E-state index in [0.717, 1.165) is 6.42 Å². The van der Waals surface area contributed by atoms with E-state index in [2.05, 4.69) is 63.2 Å². The lowest BCUT2D eigenvalue weighted by Gasteiger charge is -2.09. The van der Waals surface area contributed by atoms with E-state index >= 15 is 0 Å². The second-order valence-corrected chi connectivity index (χ2v) is 4.52. The molecule has 2 aromatic carbocycles. The Bertz CT molecular complexity index is 458. The van der Waals surface area contributed by atoms with Crippen molar-refractivity contribution < 1.29 is 0 Å². The Morgan fingerprint density at radius 2 is 1.31 bits per heavy atom.